The van der Waals surface area contributed by atoms with Crippen LogP contribution in [0, 0.1) is 0 Å². The number of hydrogen-bond donors (Lipinski definition) is 2. The zero-order valence-corrected chi connectivity index (χ0v) is 9.47. The van der Waals surface area contributed by atoms with Gasteiger partial charge in [-0.25, -0.2) is 4.79 Å². The number of hydrogen-bond acceptors (Lipinski definition) is 6. The van der Waals surface area contributed by atoms with Gasteiger partial charge in [-0.05, 0) is 5.56 Å². The molecule has 1 heterocycles. The number of fused-ring (bicyclic) bond motifs is 1. The lowest BCUT2D eigenvalue weighted by molar-refractivity contribution is -0.139. The topological polar surface area (TPSA) is 97.0 Å². The van der Waals surface area contributed by atoms with Gasteiger partial charge in [-0.3, -0.25) is 4.79 Å². The van der Waals surface area contributed by atoms with Crippen molar-refractivity contribution in [1.29, 1.82) is 0 Å². The second kappa shape index (κ2) is 4.40. The Morgan fingerprint density at radius 2 is 2.06 bits per heavy atom. The molecular formula is C12H10O6. The van der Waals surface area contributed by atoms with Gasteiger partial charge in [0.15, 0.2) is 0 Å². The number of esters is 1. The van der Waals surface area contributed by atoms with E-state index in [2.05, 4.69) is 4.74 Å². The molecular weight excluding hydrogens is 240 g/mol. The second-order valence-electron chi connectivity index (χ2n) is 3.68. The number of rotatable bonds is 2. The average molecular weight is 250 g/mol. The number of ether oxygens (including phenoxy) is 1. The van der Waals surface area contributed by atoms with Crippen LogP contribution in [-0.2, 0) is 16.0 Å². The minimum absolute atomic E-state index is 0.0129. The molecule has 94 valence electrons. The summed E-state index contributed by atoms with van der Waals surface area (Å²) in [5.74, 6) is -1.06. The second-order valence-corrected chi connectivity index (χ2v) is 3.68. The van der Waals surface area contributed by atoms with Crippen LogP contribution in [0.5, 0.6) is 11.5 Å². The van der Waals surface area contributed by atoms with Crippen LogP contribution >= 0.6 is 0 Å². The Labute approximate surface area is 101 Å². The average Bonchev–Trinajstić information content (AvgIpc) is 2.26. The highest BCUT2D eigenvalue weighted by Gasteiger charge is 2.14. The van der Waals surface area contributed by atoms with Gasteiger partial charge in [0.05, 0.1) is 18.9 Å². The van der Waals surface area contributed by atoms with Gasteiger partial charge in [-0.1, -0.05) is 0 Å². The van der Waals surface area contributed by atoms with Crippen molar-refractivity contribution < 1.29 is 24.2 Å². The fourth-order valence-electron chi connectivity index (χ4n) is 1.71. The highest BCUT2D eigenvalue weighted by Crippen LogP contribution is 2.31. The monoisotopic (exact) mass is 250 g/mol. The Morgan fingerprint density at radius 1 is 1.33 bits per heavy atom. The molecule has 18 heavy (non-hydrogen) atoms. The number of aromatic hydroxyl groups is 2. The van der Waals surface area contributed by atoms with Gasteiger partial charge >= 0.3 is 11.6 Å². The number of benzene rings is 1. The molecule has 1 aromatic carbocycles. The van der Waals surface area contributed by atoms with E-state index in [1.54, 1.807) is 0 Å². The van der Waals surface area contributed by atoms with Crippen LogP contribution in [0.1, 0.15) is 5.56 Å². The fourth-order valence-corrected chi connectivity index (χ4v) is 1.71. The van der Waals surface area contributed by atoms with Gasteiger partial charge in [-0.15, -0.1) is 0 Å². The first-order valence-electron chi connectivity index (χ1n) is 5.07. The maximum Gasteiger partial charge on any atom is 0.336 e. The zero-order chi connectivity index (χ0) is 13.3. The van der Waals surface area contributed by atoms with Crippen LogP contribution in [0.15, 0.2) is 27.4 Å². The van der Waals surface area contributed by atoms with Gasteiger partial charge in [0.2, 0.25) is 0 Å². The molecule has 2 aromatic rings. The van der Waals surface area contributed by atoms with Crippen molar-refractivity contribution in [2.24, 2.45) is 0 Å². The van der Waals surface area contributed by atoms with Crippen molar-refractivity contribution in [3.8, 4) is 11.5 Å². The number of carbonyl (C=O) groups is 1. The minimum Gasteiger partial charge on any atom is -0.508 e. The summed E-state index contributed by atoms with van der Waals surface area (Å²) in [6, 6.07) is 3.40. The maximum atomic E-state index is 11.3. The summed E-state index contributed by atoms with van der Waals surface area (Å²) in [4.78, 5) is 22.5. The molecule has 6 nitrogen and oxygen atoms in total. The first-order chi connectivity index (χ1) is 8.51. The SMILES string of the molecule is COC(=O)Cc1cc(=O)oc2cc(O)cc(O)c12. The molecule has 0 radical (unpaired) electrons. The van der Waals surface area contributed by atoms with E-state index in [4.69, 9.17) is 4.42 Å². The predicted molar refractivity (Wildman–Crippen MR) is 61.5 cm³/mol. The molecule has 0 saturated carbocycles. The Morgan fingerprint density at radius 3 is 2.72 bits per heavy atom. The van der Waals surface area contributed by atoms with E-state index < -0.39 is 11.6 Å². The lowest BCUT2D eigenvalue weighted by Gasteiger charge is -2.06. The molecule has 2 N–H and O–H groups in total. The summed E-state index contributed by atoms with van der Waals surface area (Å²) >= 11 is 0. The first-order valence-corrected chi connectivity index (χ1v) is 5.07. The van der Waals surface area contributed by atoms with E-state index in [9.17, 15) is 19.8 Å². The normalized spacial score (nSPS) is 10.5. The Kier molecular flexibility index (Phi) is 2.93. The standard InChI is InChI=1S/C12H10O6/c1-17-10(15)2-6-3-11(16)18-9-5-7(13)4-8(14)12(6)9/h3-5,13-14H,2H2,1H3. The number of phenolic OH excluding ortho intramolecular Hbond substituents is 2. The molecule has 0 atom stereocenters. The predicted octanol–water partition coefficient (Wildman–Crippen LogP) is 0.920. The third-order valence-electron chi connectivity index (χ3n) is 2.45. The van der Waals surface area contributed by atoms with E-state index in [1.165, 1.54) is 13.2 Å². The van der Waals surface area contributed by atoms with E-state index >= 15 is 0 Å². The molecule has 0 unspecified atom stereocenters. The molecule has 6 heteroatoms. The van der Waals surface area contributed by atoms with Crippen molar-refractivity contribution in [1.82, 2.24) is 0 Å². The van der Waals surface area contributed by atoms with Gasteiger partial charge in [0.25, 0.3) is 0 Å². The molecule has 0 spiro atoms. The van der Waals surface area contributed by atoms with Crippen molar-refractivity contribution >= 4 is 16.9 Å². The number of carbonyl (C=O) groups excluding carboxylic acids is 1. The van der Waals surface area contributed by atoms with Crippen molar-refractivity contribution in [3.63, 3.8) is 0 Å². The van der Waals surface area contributed by atoms with E-state index in [-0.39, 0.29) is 34.5 Å². The fraction of sp³-hybridized carbons (Fsp3) is 0.167. The van der Waals surface area contributed by atoms with Crippen LogP contribution in [0.4, 0.5) is 0 Å². The van der Waals surface area contributed by atoms with E-state index in [0.717, 1.165) is 12.1 Å². The van der Waals surface area contributed by atoms with Gasteiger partial charge in [0.1, 0.15) is 17.1 Å². The molecule has 0 fully saturated rings. The van der Waals surface area contributed by atoms with Gasteiger partial charge < -0.3 is 19.4 Å². The summed E-state index contributed by atoms with van der Waals surface area (Å²) in [7, 11) is 1.22. The molecule has 0 aliphatic carbocycles. The summed E-state index contributed by atoms with van der Waals surface area (Å²) in [5.41, 5.74) is -0.379. The highest BCUT2D eigenvalue weighted by molar-refractivity contribution is 5.90. The van der Waals surface area contributed by atoms with Crippen LogP contribution in [0.25, 0.3) is 11.0 Å². The molecule has 0 aliphatic rings. The van der Waals surface area contributed by atoms with Crippen LogP contribution < -0.4 is 5.63 Å². The Balaban J connectivity index is 2.72. The third-order valence-corrected chi connectivity index (χ3v) is 2.45. The Hall–Kier alpha value is -2.50. The summed E-state index contributed by atoms with van der Waals surface area (Å²) in [5, 5.41) is 19.2. The highest BCUT2D eigenvalue weighted by atomic mass is 16.5. The number of methoxy groups -OCH3 is 1. The van der Waals surface area contributed by atoms with Crippen LogP contribution in [-0.4, -0.2) is 23.3 Å². The Bertz CT molecular complexity index is 670. The molecule has 1 aromatic heterocycles. The van der Waals surface area contributed by atoms with Crippen molar-refractivity contribution in [2.75, 3.05) is 7.11 Å². The largest absolute Gasteiger partial charge is 0.508 e. The lowest BCUT2D eigenvalue weighted by atomic mass is 10.1. The maximum absolute atomic E-state index is 11.3. The lowest BCUT2D eigenvalue weighted by Crippen LogP contribution is -2.08. The summed E-state index contributed by atoms with van der Waals surface area (Å²) in [6.07, 6.45) is -0.170. The molecule has 0 amide bonds. The van der Waals surface area contributed by atoms with Crippen molar-refractivity contribution in [2.45, 2.75) is 6.42 Å². The first kappa shape index (κ1) is 12.0. The summed E-state index contributed by atoms with van der Waals surface area (Å²) < 4.78 is 9.36. The molecule has 0 aliphatic heterocycles. The van der Waals surface area contributed by atoms with Gasteiger partial charge in [-0.2, -0.15) is 0 Å². The van der Waals surface area contributed by atoms with Gasteiger partial charge in [0, 0.05) is 18.2 Å². The van der Waals surface area contributed by atoms with E-state index in [0.29, 0.717) is 0 Å². The van der Waals surface area contributed by atoms with Crippen LogP contribution in [0.2, 0.25) is 0 Å². The minimum atomic E-state index is -0.675. The van der Waals surface area contributed by atoms with Crippen LogP contribution in [0.3, 0.4) is 0 Å². The molecule has 2 rings (SSSR count). The van der Waals surface area contributed by atoms with E-state index in [1.807, 2.05) is 0 Å². The molecule has 0 saturated heterocycles. The number of phenols is 2. The summed E-state index contributed by atoms with van der Waals surface area (Å²) in [6.45, 7) is 0. The third kappa shape index (κ3) is 2.13. The smallest absolute Gasteiger partial charge is 0.336 e. The van der Waals surface area contributed by atoms with Crippen molar-refractivity contribution in [3.05, 3.63) is 34.2 Å². The quantitative estimate of drug-likeness (QED) is 0.607. The molecule has 0 bridgehead atoms. The zero-order valence-electron chi connectivity index (χ0n) is 9.47.